The summed E-state index contributed by atoms with van der Waals surface area (Å²) >= 11 is 1.35. The van der Waals surface area contributed by atoms with Gasteiger partial charge in [0.15, 0.2) is 0 Å². The lowest BCUT2D eigenvalue weighted by Crippen LogP contribution is -2.56. The molecule has 2 aromatic rings. The predicted octanol–water partition coefficient (Wildman–Crippen LogP) is 3.72. The number of carbonyl (C=O) groups is 3. The second-order valence-corrected chi connectivity index (χ2v) is 10.4. The molecule has 3 aliphatic rings. The second-order valence-electron chi connectivity index (χ2n) is 9.12. The third-order valence-electron chi connectivity index (χ3n) is 7.16. The third-order valence-corrected chi connectivity index (χ3v) is 8.33. The number of alkyl carbamates (subject to hydrolysis) is 1. The molecule has 1 saturated carbocycles. The average Bonchev–Trinajstić information content (AvgIpc) is 3.14. The van der Waals surface area contributed by atoms with Gasteiger partial charge in [-0.05, 0) is 41.0 Å². The number of benzene rings is 2. The maximum absolute atomic E-state index is 13.3. The van der Waals surface area contributed by atoms with Crippen LogP contribution >= 0.6 is 11.8 Å². The molecule has 5 rings (SSSR count). The number of carbonyl (C=O) groups excluding carboxylic acids is 2. The number of ether oxygens (including phenoxy) is 1. The van der Waals surface area contributed by atoms with Gasteiger partial charge in [0.25, 0.3) is 0 Å². The summed E-state index contributed by atoms with van der Waals surface area (Å²) in [6.45, 7) is 0.837. The number of hydrogen-bond acceptors (Lipinski definition) is 5. The number of rotatable bonds is 6. The lowest BCUT2D eigenvalue weighted by atomic mass is 9.79. The van der Waals surface area contributed by atoms with E-state index in [0.717, 1.165) is 41.5 Å². The standard InChI is InChI=1S/C26H28N2O5S/c29-24(28-12-13-34-22(14-28)25(30)31)23(16-6-5-7-16)27-26(32)33-15-21-19-10-3-1-8-17(19)18-9-2-4-11-20(18)21/h1-4,8-11,16,21-23H,5-7,12-15H2,(H,27,32)(H,30,31). The van der Waals surface area contributed by atoms with Gasteiger partial charge in [0.05, 0.1) is 0 Å². The molecule has 1 heterocycles. The van der Waals surface area contributed by atoms with Crippen LogP contribution in [0, 0.1) is 5.92 Å². The fourth-order valence-electron chi connectivity index (χ4n) is 5.12. The Labute approximate surface area is 202 Å². The van der Waals surface area contributed by atoms with Crippen LogP contribution in [-0.4, -0.2) is 64.7 Å². The molecule has 0 aromatic heterocycles. The first kappa shape index (κ1) is 22.8. The Morgan fingerprint density at radius 1 is 1.06 bits per heavy atom. The Balaban J connectivity index is 1.25. The molecule has 0 radical (unpaired) electrons. The average molecular weight is 481 g/mol. The minimum absolute atomic E-state index is 0.0496. The SMILES string of the molecule is O=C(NC(C(=O)N1CCSC(C(=O)O)C1)C1CCC1)OCC1c2ccccc2-c2ccccc21. The van der Waals surface area contributed by atoms with Crippen molar-refractivity contribution in [1.29, 1.82) is 0 Å². The molecular formula is C26H28N2O5S. The van der Waals surface area contributed by atoms with E-state index < -0.39 is 23.4 Å². The molecule has 7 nitrogen and oxygen atoms in total. The van der Waals surface area contributed by atoms with E-state index in [9.17, 15) is 19.5 Å². The third kappa shape index (κ3) is 4.39. The smallest absolute Gasteiger partial charge is 0.407 e. The summed E-state index contributed by atoms with van der Waals surface area (Å²) in [5.74, 6) is -0.528. The minimum atomic E-state index is -0.910. The van der Waals surface area contributed by atoms with E-state index in [1.807, 2.05) is 24.3 Å². The quantitative estimate of drug-likeness (QED) is 0.654. The number of carboxylic acid groups (broad SMARTS) is 1. The highest BCUT2D eigenvalue weighted by atomic mass is 32.2. The number of aliphatic carboxylic acids is 1. The predicted molar refractivity (Wildman–Crippen MR) is 130 cm³/mol. The number of thioether (sulfide) groups is 1. The first-order valence-corrected chi connectivity index (χ1v) is 12.8. The maximum atomic E-state index is 13.3. The van der Waals surface area contributed by atoms with E-state index in [1.165, 1.54) is 11.8 Å². The van der Waals surface area contributed by atoms with Crippen molar-refractivity contribution in [2.24, 2.45) is 5.92 Å². The summed E-state index contributed by atoms with van der Waals surface area (Å²) in [5.41, 5.74) is 4.58. The van der Waals surface area contributed by atoms with Crippen molar-refractivity contribution in [1.82, 2.24) is 10.2 Å². The number of amides is 2. The topological polar surface area (TPSA) is 95.9 Å². The van der Waals surface area contributed by atoms with Crippen LogP contribution in [0.5, 0.6) is 0 Å². The highest BCUT2D eigenvalue weighted by Gasteiger charge is 2.39. The summed E-state index contributed by atoms with van der Waals surface area (Å²) in [4.78, 5) is 39.1. The number of nitrogens with zero attached hydrogens (tertiary/aromatic N) is 1. The zero-order valence-corrected chi connectivity index (χ0v) is 19.6. The Morgan fingerprint density at radius 3 is 2.29 bits per heavy atom. The van der Waals surface area contributed by atoms with Crippen LogP contribution in [-0.2, 0) is 14.3 Å². The van der Waals surface area contributed by atoms with Crippen LogP contribution < -0.4 is 5.32 Å². The minimum Gasteiger partial charge on any atom is -0.480 e. The van der Waals surface area contributed by atoms with E-state index in [0.29, 0.717) is 12.3 Å². The monoisotopic (exact) mass is 480 g/mol. The number of fused-ring (bicyclic) bond motifs is 3. The molecule has 2 unspecified atom stereocenters. The van der Waals surface area contributed by atoms with Gasteiger partial charge in [0, 0.05) is 24.8 Å². The number of hydrogen-bond donors (Lipinski definition) is 2. The van der Waals surface area contributed by atoms with Crippen molar-refractivity contribution in [2.45, 2.75) is 36.5 Å². The van der Waals surface area contributed by atoms with Crippen molar-refractivity contribution in [3.8, 4) is 11.1 Å². The van der Waals surface area contributed by atoms with Gasteiger partial charge >= 0.3 is 12.1 Å². The van der Waals surface area contributed by atoms with Gasteiger partial charge in [-0.15, -0.1) is 11.8 Å². The van der Waals surface area contributed by atoms with E-state index in [4.69, 9.17) is 4.74 Å². The molecule has 2 atom stereocenters. The number of carboxylic acids is 1. The normalized spacial score (nSPS) is 20.6. The van der Waals surface area contributed by atoms with Crippen LogP contribution in [0.4, 0.5) is 4.79 Å². The fourth-order valence-corrected chi connectivity index (χ4v) is 6.16. The van der Waals surface area contributed by atoms with Gasteiger partial charge in [-0.2, -0.15) is 0 Å². The molecule has 2 fully saturated rings. The van der Waals surface area contributed by atoms with Gasteiger partial charge in [-0.1, -0.05) is 55.0 Å². The van der Waals surface area contributed by atoms with Gasteiger partial charge in [-0.3, -0.25) is 9.59 Å². The van der Waals surface area contributed by atoms with Crippen LogP contribution in [0.3, 0.4) is 0 Å². The van der Waals surface area contributed by atoms with E-state index >= 15 is 0 Å². The van der Waals surface area contributed by atoms with Crippen LogP contribution in [0.25, 0.3) is 11.1 Å². The molecule has 2 amide bonds. The molecule has 34 heavy (non-hydrogen) atoms. The van der Waals surface area contributed by atoms with Gasteiger partial charge in [0.1, 0.15) is 17.9 Å². The van der Waals surface area contributed by atoms with Crippen LogP contribution in [0.2, 0.25) is 0 Å². The van der Waals surface area contributed by atoms with E-state index in [1.54, 1.807) is 4.90 Å². The van der Waals surface area contributed by atoms with Gasteiger partial charge in [0.2, 0.25) is 5.91 Å². The second kappa shape index (κ2) is 9.70. The molecule has 1 aliphatic heterocycles. The molecule has 0 bridgehead atoms. The molecule has 2 aromatic carbocycles. The largest absolute Gasteiger partial charge is 0.480 e. The first-order chi connectivity index (χ1) is 16.5. The van der Waals surface area contributed by atoms with Crippen LogP contribution in [0.15, 0.2) is 48.5 Å². The molecule has 2 aliphatic carbocycles. The molecule has 8 heteroatoms. The molecule has 178 valence electrons. The zero-order valence-electron chi connectivity index (χ0n) is 18.8. The Hall–Kier alpha value is -3.00. The lowest BCUT2D eigenvalue weighted by Gasteiger charge is -2.38. The molecule has 1 saturated heterocycles. The van der Waals surface area contributed by atoms with E-state index in [-0.39, 0.29) is 30.9 Å². The van der Waals surface area contributed by atoms with Crippen molar-refractivity contribution in [2.75, 3.05) is 25.4 Å². The van der Waals surface area contributed by atoms with Gasteiger partial charge in [-0.25, -0.2) is 4.79 Å². The van der Waals surface area contributed by atoms with Crippen molar-refractivity contribution in [3.63, 3.8) is 0 Å². The maximum Gasteiger partial charge on any atom is 0.407 e. The summed E-state index contributed by atoms with van der Waals surface area (Å²) < 4.78 is 5.67. The first-order valence-electron chi connectivity index (χ1n) is 11.8. The Kier molecular flexibility index (Phi) is 6.50. The summed E-state index contributed by atoms with van der Waals surface area (Å²) in [7, 11) is 0. The van der Waals surface area contributed by atoms with Crippen LogP contribution in [0.1, 0.15) is 36.3 Å². The lowest BCUT2D eigenvalue weighted by molar-refractivity contribution is -0.139. The summed E-state index contributed by atoms with van der Waals surface area (Å²) in [5, 5.41) is 11.5. The Morgan fingerprint density at radius 2 is 1.71 bits per heavy atom. The molecule has 0 spiro atoms. The molecular weight excluding hydrogens is 452 g/mol. The summed E-state index contributed by atoms with van der Waals surface area (Å²) in [6, 6.07) is 15.6. The zero-order chi connectivity index (χ0) is 23.7. The highest BCUT2D eigenvalue weighted by Crippen LogP contribution is 2.44. The molecule has 2 N–H and O–H groups in total. The van der Waals surface area contributed by atoms with Crippen molar-refractivity contribution >= 4 is 29.7 Å². The van der Waals surface area contributed by atoms with Gasteiger partial charge < -0.3 is 20.1 Å². The Bertz CT molecular complexity index is 1060. The van der Waals surface area contributed by atoms with Crippen molar-refractivity contribution in [3.05, 3.63) is 59.7 Å². The van der Waals surface area contributed by atoms with Crippen molar-refractivity contribution < 1.29 is 24.2 Å². The summed E-state index contributed by atoms with van der Waals surface area (Å²) in [6.07, 6.45) is 2.15. The van der Waals surface area contributed by atoms with E-state index in [2.05, 4.69) is 29.6 Å². The number of nitrogens with one attached hydrogen (secondary N) is 1. The highest BCUT2D eigenvalue weighted by molar-refractivity contribution is 8.00. The fraction of sp³-hybridized carbons (Fsp3) is 0.423.